The highest BCUT2D eigenvalue weighted by Gasteiger charge is 2.18. The first kappa shape index (κ1) is 23.9. The number of amides is 2. The Labute approximate surface area is 191 Å². The summed E-state index contributed by atoms with van der Waals surface area (Å²) in [4.78, 5) is 26.3. The largest absolute Gasteiger partial charge is 0.444 e. The van der Waals surface area contributed by atoms with Gasteiger partial charge in [-0.15, -0.1) is 0 Å². The molecule has 0 aliphatic carbocycles. The van der Waals surface area contributed by atoms with Crippen molar-refractivity contribution in [3.8, 4) is 0 Å². The Hall–Kier alpha value is -3.78. The van der Waals surface area contributed by atoms with Crippen LogP contribution >= 0.6 is 0 Å². The molecule has 0 fully saturated rings. The molecule has 0 saturated heterocycles. The first-order chi connectivity index (χ1) is 15.9. The van der Waals surface area contributed by atoms with Gasteiger partial charge in [-0.3, -0.25) is 10.1 Å². The van der Waals surface area contributed by atoms with Crippen molar-refractivity contribution in [3.63, 3.8) is 0 Å². The van der Waals surface area contributed by atoms with E-state index in [4.69, 9.17) is 10.5 Å². The minimum Gasteiger partial charge on any atom is -0.444 e. The van der Waals surface area contributed by atoms with Crippen molar-refractivity contribution in [3.05, 3.63) is 101 Å². The number of carbonyl (C=O) groups is 2. The van der Waals surface area contributed by atoms with Gasteiger partial charge in [0.2, 0.25) is 0 Å². The van der Waals surface area contributed by atoms with Gasteiger partial charge < -0.3 is 15.4 Å². The van der Waals surface area contributed by atoms with E-state index in [-0.39, 0.29) is 18.7 Å². The number of nitrogens with one attached hydrogen (secondary N) is 1. The minimum atomic E-state index is -0.813. The third-order valence-corrected chi connectivity index (χ3v) is 4.82. The summed E-state index contributed by atoms with van der Waals surface area (Å²) >= 11 is 0. The van der Waals surface area contributed by atoms with E-state index in [1.165, 1.54) is 4.90 Å². The molecule has 0 atom stereocenters. The molecule has 0 aromatic heterocycles. The van der Waals surface area contributed by atoms with Gasteiger partial charge in [-0.25, -0.2) is 13.6 Å². The molecule has 172 valence electrons. The number of hydrogen-bond acceptors (Lipinski definition) is 4. The van der Waals surface area contributed by atoms with Crippen molar-refractivity contribution in [2.45, 2.75) is 19.6 Å². The second kappa shape index (κ2) is 11.7. The monoisotopic (exact) mass is 453 g/mol. The maximum Gasteiger partial charge on any atom is 0.411 e. The van der Waals surface area contributed by atoms with Crippen LogP contribution in [0.15, 0.2) is 72.8 Å². The normalized spacial score (nSPS) is 10.5. The molecule has 3 rings (SSSR count). The lowest BCUT2D eigenvalue weighted by molar-refractivity contribution is 0.0741. The van der Waals surface area contributed by atoms with Crippen LogP contribution in [0.25, 0.3) is 0 Å². The lowest BCUT2D eigenvalue weighted by atomic mass is 10.1. The standard InChI is InChI=1S/C25H25F2N3O3/c26-21-13-20(14-22(27)15-21)24(31)30(12-4-11-28)16-18-7-9-23(10-8-18)29-25(32)33-17-19-5-2-1-3-6-19/h1-3,5-10,13-15H,4,11-12,16-17,28H2,(H,29,32). The Balaban J connectivity index is 1.61. The van der Waals surface area contributed by atoms with Gasteiger partial charge in [-0.05, 0) is 48.4 Å². The number of nitrogens with zero attached hydrogens (tertiary/aromatic N) is 1. The molecule has 3 N–H and O–H groups in total. The SMILES string of the molecule is NCCCN(Cc1ccc(NC(=O)OCc2ccccc2)cc1)C(=O)c1cc(F)cc(F)c1. The quantitative estimate of drug-likeness (QED) is 0.492. The number of hydrogen-bond donors (Lipinski definition) is 2. The number of halogens is 2. The molecule has 33 heavy (non-hydrogen) atoms. The number of nitrogens with two attached hydrogens (primary N) is 1. The highest BCUT2D eigenvalue weighted by Crippen LogP contribution is 2.16. The van der Waals surface area contributed by atoms with E-state index >= 15 is 0 Å². The van der Waals surface area contributed by atoms with Gasteiger partial charge in [0.25, 0.3) is 5.91 Å². The van der Waals surface area contributed by atoms with Crippen LogP contribution in [-0.4, -0.2) is 30.0 Å². The number of rotatable bonds is 9. The van der Waals surface area contributed by atoms with E-state index < -0.39 is 23.6 Å². The van der Waals surface area contributed by atoms with Crippen LogP contribution < -0.4 is 11.1 Å². The van der Waals surface area contributed by atoms with Crippen LogP contribution in [0, 0.1) is 11.6 Å². The molecule has 3 aromatic carbocycles. The molecule has 0 unspecified atom stereocenters. The molecule has 0 aliphatic rings. The molecule has 0 spiro atoms. The van der Waals surface area contributed by atoms with Crippen LogP contribution in [0.1, 0.15) is 27.9 Å². The molecule has 3 aromatic rings. The summed E-state index contributed by atoms with van der Waals surface area (Å²) in [6, 6.07) is 18.9. The van der Waals surface area contributed by atoms with Gasteiger partial charge in [-0.1, -0.05) is 42.5 Å². The molecular formula is C25H25F2N3O3. The van der Waals surface area contributed by atoms with Crippen molar-refractivity contribution >= 4 is 17.7 Å². The maximum atomic E-state index is 13.6. The smallest absolute Gasteiger partial charge is 0.411 e. The van der Waals surface area contributed by atoms with Gasteiger partial charge in [0, 0.05) is 30.4 Å². The summed E-state index contributed by atoms with van der Waals surface area (Å²) in [5, 5.41) is 2.65. The Morgan fingerprint density at radius 2 is 1.58 bits per heavy atom. The maximum absolute atomic E-state index is 13.6. The lowest BCUT2D eigenvalue weighted by Crippen LogP contribution is -2.32. The van der Waals surface area contributed by atoms with Gasteiger partial charge in [0.1, 0.15) is 18.2 Å². The van der Waals surface area contributed by atoms with Gasteiger partial charge in [-0.2, -0.15) is 0 Å². The van der Waals surface area contributed by atoms with Crippen molar-refractivity contribution in [1.29, 1.82) is 0 Å². The molecule has 8 heteroatoms. The summed E-state index contributed by atoms with van der Waals surface area (Å²) in [7, 11) is 0. The van der Waals surface area contributed by atoms with Crippen LogP contribution in [0.5, 0.6) is 0 Å². The van der Waals surface area contributed by atoms with Crippen molar-refractivity contribution in [2.75, 3.05) is 18.4 Å². The van der Waals surface area contributed by atoms with Crippen LogP contribution in [-0.2, 0) is 17.9 Å². The van der Waals surface area contributed by atoms with Gasteiger partial charge >= 0.3 is 6.09 Å². The highest BCUT2D eigenvalue weighted by atomic mass is 19.1. The third-order valence-electron chi connectivity index (χ3n) is 4.82. The molecule has 6 nitrogen and oxygen atoms in total. The number of anilines is 1. The summed E-state index contributed by atoms with van der Waals surface area (Å²) in [5.41, 5.74) is 7.70. The van der Waals surface area contributed by atoms with Crippen molar-refractivity contribution < 1.29 is 23.1 Å². The Morgan fingerprint density at radius 1 is 0.909 bits per heavy atom. The van der Waals surface area contributed by atoms with E-state index in [0.29, 0.717) is 25.2 Å². The van der Waals surface area contributed by atoms with Crippen LogP contribution in [0.3, 0.4) is 0 Å². The Morgan fingerprint density at radius 3 is 2.21 bits per heavy atom. The summed E-state index contributed by atoms with van der Waals surface area (Å²) in [6.07, 6.45) is -0.0457. The predicted molar refractivity (Wildman–Crippen MR) is 121 cm³/mol. The van der Waals surface area contributed by atoms with E-state index in [1.807, 2.05) is 30.3 Å². The fraction of sp³-hybridized carbons (Fsp3) is 0.200. The Kier molecular flexibility index (Phi) is 8.49. The highest BCUT2D eigenvalue weighted by molar-refractivity contribution is 5.94. The predicted octanol–water partition coefficient (Wildman–Crippen LogP) is 4.70. The van der Waals surface area contributed by atoms with Gasteiger partial charge in [0.05, 0.1) is 0 Å². The molecule has 0 heterocycles. The summed E-state index contributed by atoms with van der Waals surface area (Å²) in [6.45, 7) is 1.08. The molecule has 0 saturated carbocycles. The van der Waals surface area contributed by atoms with Crippen LogP contribution in [0.4, 0.5) is 19.3 Å². The van der Waals surface area contributed by atoms with E-state index in [2.05, 4.69) is 5.32 Å². The van der Waals surface area contributed by atoms with E-state index in [1.54, 1.807) is 24.3 Å². The average molecular weight is 453 g/mol. The lowest BCUT2D eigenvalue weighted by Gasteiger charge is -2.23. The molecular weight excluding hydrogens is 428 g/mol. The van der Waals surface area contributed by atoms with Crippen LogP contribution in [0.2, 0.25) is 0 Å². The minimum absolute atomic E-state index is 0.0658. The topological polar surface area (TPSA) is 84.7 Å². The summed E-state index contributed by atoms with van der Waals surface area (Å²) < 4.78 is 32.3. The van der Waals surface area contributed by atoms with E-state index in [9.17, 15) is 18.4 Å². The van der Waals surface area contributed by atoms with Crippen molar-refractivity contribution in [1.82, 2.24) is 4.90 Å². The first-order valence-electron chi connectivity index (χ1n) is 10.5. The first-order valence-corrected chi connectivity index (χ1v) is 10.5. The molecule has 2 amide bonds. The third kappa shape index (κ3) is 7.40. The zero-order valence-electron chi connectivity index (χ0n) is 18.0. The molecule has 0 radical (unpaired) electrons. The molecule has 0 bridgehead atoms. The van der Waals surface area contributed by atoms with Gasteiger partial charge in [0.15, 0.2) is 0 Å². The fourth-order valence-corrected chi connectivity index (χ4v) is 3.19. The Bertz CT molecular complexity index is 1060. The summed E-state index contributed by atoms with van der Waals surface area (Å²) in [5.74, 6) is -2.12. The zero-order chi connectivity index (χ0) is 23.6. The second-order valence-corrected chi connectivity index (χ2v) is 7.41. The molecule has 0 aliphatic heterocycles. The fourth-order valence-electron chi connectivity index (χ4n) is 3.19. The number of benzene rings is 3. The average Bonchev–Trinajstić information content (AvgIpc) is 2.81. The number of carbonyl (C=O) groups excluding carboxylic acids is 2. The second-order valence-electron chi connectivity index (χ2n) is 7.41. The van der Waals surface area contributed by atoms with Crippen molar-refractivity contribution in [2.24, 2.45) is 5.73 Å². The zero-order valence-corrected chi connectivity index (χ0v) is 18.0. The number of ether oxygens (including phenoxy) is 1. The van der Waals surface area contributed by atoms with E-state index in [0.717, 1.165) is 29.3 Å².